The minimum Gasteiger partial charge on any atom is -0.489 e. The number of hydrogen-bond acceptors (Lipinski definition) is 6. The first kappa shape index (κ1) is 19.7. The van der Waals surface area contributed by atoms with Gasteiger partial charge in [0.25, 0.3) is 0 Å². The van der Waals surface area contributed by atoms with Gasteiger partial charge in [0.1, 0.15) is 12.4 Å². The summed E-state index contributed by atoms with van der Waals surface area (Å²) in [6.07, 6.45) is 0. The van der Waals surface area contributed by atoms with Crippen molar-refractivity contribution in [2.45, 2.75) is 12.1 Å². The van der Waals surface area contributed by atoms with Crippen LogP contribution in [0.4, 0.5) is 13.2 Å². The summed E-state index contributed by atoms with van der Waals surface area (Å²) >= 11 is 0. The Morgan fingerprint density at radius 3 is 2.39 bits per heavy atom. The highest BCUT2D eigenvalue weighted by atomic mass is 32.2. The molecule has 1 heterocycles. The van der Waals surface area contributed by atoms with Crippen LogP contribution in [0.25, 0.3) is 10.9 Å². The van der Waals surface area contributed by atoms with E-state index in [1.165, 1.54) is 25.3 Å². The summed E-state index contributed by atoms with van der Waals surface area (Å²) in [6, 6.07) is 14.6. The molecule has 0 saturated carbocycles. The lowest BCUT2D eigenvalue weighted by Gasteiger charge is -2.13. The van der Waals surface area contributed by atoms with Crippen LogP contribution in [-0.4, -0.2) is 26.0 Å². The number of methoxy groups -OCH3 is 1. The molecule has 0 aliphatic rings. The van der Waals surface area contributed by atoms with Crippen LogP contribution in [-0.2, 0) is 16.7 Å². The summed E-state index contributed by atoms with van der Waals surface area (Å²) in [5, 5.41) is 0.0562. The molecule has 2 aromatic carbocycles. The van der Waals surface area contributed by atoms with Crippen molar-refractivity contribution in [2.75, 3.05) is 7.11 Å². The predicted octanol–water partition coefficient (Wildman–Crippen LogP) is 4.05. The molecule has 148 valence electrons. The Kier molecular flexibility index (Phi) is 5.32. The van der Waals surface area contributed by atoms with E-state index in [0.29, 0.717) is 5.75 Å². The van der Waals surface area contributed by atoms with Gasteiger partial charge in [-0.3, -0.25) is 0 Å². The molecule has 0 aliphatic carbocycles. The summed E-state index contributed by atoms with van der Waals surface area (Å²) in [5.74, 6) is -0.268. The second-order valence-electron chi connectivity index (χ2n) is 5.60. The molecule has 0 bridgehead atoms. The second-order valence-corrected chi connectivity index (χ2v) is 7.14. The highest BCUT2D eigenvalue weighted by molar-refractivity contribution is 7.88. The van der Waals surface area contributed by atoms with Gasteiger partial charge in [-0.15, -0.1) is 0 Å². The lowest BCUT2D eigenvalue weighted by molar-refractivity contribution is -0.0499. The Labute approximate surface area is 158 Å². The van der Waals surface area contributed by atoms with E-state index in [1.54, 1.807) is 0 Å². The summed E-state index contributed by atoms with van der Waals surface area (Å²) in [7, 11) is -4.60. The third-order valence-corrected chi connectivity index (χ3v) is 4.63. The smallest absolute Gasteiger partial charge is 0.489 e. The van der Waals surface area contributed by atoms with Gasteiger partial charge in [-0.25, -0.2) is 4.98 Å². The van der Waals surface area contributed by atoms with Gasteiger partial charge < -0.3 is 13.7 Å². The topological polar surface area (TPSA) is 74.7 Å². The minimum absolute atomic E-state index is 0.0562. The molecule has 0 spiro atoms. The molecule has 0 saturated heterocycles. The number of fused-ring (bicyclic) bond motifs is 1. The Balaban J connectivity index is 1.95. The Hall–Kier alpha value is -3.01. The lowest BCUT2D eigenvalue weighted by Crippen LogP contribution is -2.28. The van der Waals surface area contributed by atoms with E-state index in [-0.39, 0.29) is 23.4 Å². The molecule has 0 unspecified atom stereocenters. The van der Waals surface area contributed by atoms with Gasteiger partial charge in [0.05, 0.1) is 12.6 Å². The molecule has 1 aromatic heterocycles. The van der Waals surface area contributed by atoms with E-state index in [2.05, 4.69) is 9.17 Å². The average molecular weight is 413 g/mol. The van der Waals surface area contributed by atoms with E-state index in [1.807, 2.05) is 30.3 Å². The molecule has 0 N–H and O–H groups in total. The first-order valence-electron chi connectivity index (χ1n) is 7.86. The van der Waals surface area contributed by atoms with Crippen molar-refractivity contribution in [2.24, 2.45) is 0 Å². The quantitative estimate of drug-likeness (QED) is 0.448. The van der Waals surface area contributed by atoms with Gasteiger partial charge in [-0.05, 0) is 17.7 Å². The Morgan fingerprint density at radius 2 is 1.75 bits per heavy atom. The number of alkyl halides is 3. The first-order valence-corrected chi connectivity index (χ1v) is 9.27. The van der Waals surface area contributed by atoms with Gasteiger partial charge in [-0.2, -0.15) is 21.6 Å². The SMILES string of the molecule is COc1cc(OS(=O)(=O)C(F)(F)F)c2ccc(OCc3ccccc3)cc2n1. The summed E-state index contributed by atoms with van der Waals surface area (Å²) in [6.45, 7) is 0.266. The van der Waals surface area contributed by atoms with Gasteiger partial charge in [0, 0.05) is 17.5 Å². The fourth-order valence-corrected chi connectivity index (χ4v) is 2.79. The highest BCUT2D eigenvalue weighted by Gasteiger charge is 2.48. The zero-order chi connectivity index (χ0) is 20.4. The average Bonchev–Trinajstić information content (AvgIpc) is 2.65. The first-order chi connectivity index (χ1) is 13.2. The molecule has 3 rings (SSSR count). The summed E-state index contributed by atoms with van der Waals surface area (Å²) in [4.78, 5) is 4.10. The standard InChI is InChI=1S/C18H14F3NO5S/c1-25-17-10-16(27-28(23,24)18(19,20)21)14-8-7-13(9-15(14)22-17)26-11-12-5-3-2-4-6-12/h2-10H,11H2,1H3. The van der Waals surface area contributed by atoms with Crippen molar-refractivity contribution < 1.29 is 35.2 Å². The van der Waals surface area contributed by atoms with E-state index >= 15 is 0 Å². The molecule has 0 amide bonds. The third-order valence-electron chi connectivity index (χ3n) is 3.66. The molecule has 0 atom stereocenters. The zero-order valence-electron chi connectivity index (χ0n) is 14.4. The number of aromatic nitrogens is 1. The van der Waals surface area contributed by atoms with Crippen LogP contribution in [0.3, 0.4) is 0 Å². The van der Waals surface area contributed by atoms with Crippen LogP contribution in [0, 0.1) is 0 Å². The van der Waals surface area contributed by atoms with Crippen LogP contribution in [0.5, 0.6) is 17.4 Å². The normalized spacial score (nSPS) is 12.0. The molecule has 0 aliphatic heterocycles. The number of pyridine rings is 1. The van der Waals surface area contributed by atoms with Crippen LogP contribution in [0.2, 0.25) is 0 Å². The fraction of sp³-hybridized carbons (Fsp3) is 0.167. The van der Waals surface area contributed by atoms with Crippen molar-refractivity contribution in [1.29, 1.82) is 0 Å². The van der Waals surface area contributed by atoms with Crippen molar-refractivity contribution >= 4 is 21.0 Å². The summed E-state index contributed by atoms with van der Waals surface area (Å²) < 4.78 is 75.5. The van der Waals surface area contributed by atoms with Gasteiger partial charge in [-0.1, -0.05) is 30.3 Å². The number of benzene rings is 2. The number of rotatable bonds is 6. The van der Waals surface area contributed by atoms with Crippen molar-refractivity contribution in [1.82, 2.24) is 4.98 Å². The molecular formula is C18H14F3NO5S. The highest BCUT2D eigenvalue weighted by Crippen LogP contribution is 2.35. The largest absolute Gasteiger partial charge is 0.534 e. The van der Waals surface area contributed by atoms with Crippen molar-refractivity contribution in [3.05, 3.63) is 60.2 Å². The van der Waals surface area contributed by atoms with E-state index < -0.39 is 21.4 Å². The molecule has 0 radical (unpaired) electrons. The maximum absolute atomic E-state index is 12.6. The molecule has 28 heavy (non-hydrogen) atoms. The second kappa shape index (κ2) is 7.55. The van der Waals surface area contributed by atoms with Gasteiger partial charge >= 0.3 is 15.6 Å². The fourth-order valence-electron chi connectivity index (χ4n) is 2.32. The lowest BCUT2D eigenvalue weighted by atomic mass is 10.2. The molecule has 0 fully saturated rings. The number of halogens is 3. The van der Waals surface area contributed by atoms with E-state index in [9.17, 15) is 21.6 Å². The number of hydrogen-bond donors (Lipinski definition) is 0. The zero-order valence-corrected chi connectivity index (χ0v) is 15.3. The molecule has 10 heteroatoms. The van der Waals surface area contributed by atoms with Crippen LogP contribution in [0.15, 0.2) is 54.6 Å². The van der Waals surface area contributed by atoms with Crippen molar-refractivity contribution in [3.63, 3.8) is 0 Å². The van der Waals surface area contributed by atoms with Crippen molar-refractivity contribution in [3.8, 4) is 17.4 Å². The van der Waals surface area contributed by atoms with Crippen LogP contribution in [0.1, 0.15) is 5.56 Å². The number of ether oxygens (including phenoxy) is 2. The van der Waals surface area contributed by atoms with E-state index in [0.717, 1.165) is 11.6 Å². The van der Waals surface area contributed by atoms with Gasteiger partial charge in [0.15, 0.2) is 5.75 Å². The maximum Gasteiger partial charge on any atom is 0.534 e. The molecule has 6 nitrogen and oxygen atoms in total. The third kappa shape index (κ3) is 4.28. The molecular weight excluding hydrogens is 399 g/mol. The monoisotopic (exact) mass is 413 g/mol. The van der Waals surface area contributed by atoms with Crippen LogP contribution < -0.4 is 13.7 Å². The van der Waals surface area contributed by atoms with E-state index in [4.69, 9.17) is 9.47 Å². The Morgan fingerprint density at radius 1 is 1.04 bits per heavy atom. The maximum atomic E-state index is 12.6. The summed E-state index contributed by atoms with van der Waals surface area (Å²) in [5.41, 5.74) is -4.49. The predicted molar refractivity (Wildman–Crippen MR) is 94.7 cm³/mol. The number of nitrogens with zero attached hydrogens (tertiary/aromatic N) is 1. The Bertz CT molecular complexity index is 1090. The minimum atomic E-state index is -5.84. The molecule has 3 aromatic rings. The van der Waals surface area contributed by atoms with Crippen LogP contribution >= 0.6 is 0 Å². The van der Waals surface area contributed by atoms with Gasteiger partial charge in [0.2, 0.25) is 5.88 Å².